The van der Waals surface area contributed by atoms with Crippen LogP contribution in [-0.2, 0) is 28.8 Å². The van der Waals surface area contributed by atoms with Gasteiger partial charge in [0, 0.05) is 4.88 Å². The van der Waals surface area contributed by atoms with Crippen molar-refractivity contribution in [1.29, 1.82) is 0 Å². The van der Waals surface area contributed by atoms with E-state index in [9.17, 15) is 9.59 Å². The minimum atomic E-state index is -0.354. The lowest BCUT2D eigenvalue weighted by Gasteiger charge is -2.18. The van der Waals surface area contributed by atoms with Crippen LogP contribution in [-0.4, -0.2) is 25.3 Å². The largest absolute Gasteiger partial charge is 0.462 e. The summed E-state index contributed by atoms with van der Waals surface area (Å²) in [5, 5.41) is 3.55. The van der Waals surface area contributed by atoms with Crippen LogP contribution in [0.15, 0.2) is 18.2 Å². The van der Waals surface area contributed by atoms with Gasteiger partial charge in [-0.25, -0.2) is 4.79 Å². The Balaban J connectivity index is 1.55. The minimum absolute atomic E-state index is 0.170. The molecule has 2 aliphatic rings. The van der Waals surface area contributed by atoms with Gasteiger partial charge in [0.1, 0.15) is 5.00 Å². The van der Waals surface area contributed by atoms with Crippen LogP contribution in [0.4, 0.5) is 5.00 Å². The van der Waals surface area contributed by atoms with E-state index in [4.69, 9.17) is 14.2 Å². The van der Waals surface area contributed by atoms with E-state index in [0.29, 0.717) is 34.6 Å². The maximum Gasteiger partial charge on any atom is 0.341 e. The van der Waals surface area contributed by atoms with Crippen LogP contribution in [0.3, 0.4) is 0 Å². The molecule has 148 valence electrons. The predicted octanol–water partition coefficient (Wildman–Crippen LogP) is 3.96. The fourth-order valence-corrected chi connectivity index (χ4v) is 5.08. The van der Waals surface area contributed by atoms with Crippen molar-refractivity contribution in [2.45, 2.75) is 39.5 Å². The van der Waals surface area contributed by atoms with Crippen LogP contribution < -0.4 is 14.8 Å². The van der Waals surface area contributed by atoms with Gasteiger partial charge in [-0.2, -0.15) is 0 Å². The second kappa shape index (κ2) is 7.83. The highest BCUT2D eigenvalue weighted by Crippen LogP contribution is 2.40. The van der Waals surface area contributed by atoms with Crippen molar-refractivity contribution >= 4 is 28.2 Å². The molecule has 0 unspecified atom stereocenters. The Morgan fingerprint density at radius 1 is 1.29 bits per heavy atom. The summed E-state index contributed by atoms with van der Waals surface area (Å²) in [6.07, 6.45) is 3.02. The van der Waals surface area contributed by atoms with E-state index in [2.05, 4.69) is 12.2 Å². The van der Waals surface area contributed by atoms with Crippen molar-refractivity contribution in [3.63, 3.8) is 0 Å². The van der Waals surface area contributed by atoms with E-state index >= 15 is 0 Å². The van der Waals surface area contributed by atoms with Gasteiger partial charge in [0.05, 0.1) is 18.6 Å². The Hall–Kier alpha value is -2.54. The summed E-state index contributed by atoms with van der Waals surface area (Å²) in [5.74, 6) is 1.40. The van der Waals surface area contributed by atoms with Crippen molar-refractivity contribution < 1.29 is 23.8 Å². The number of thiophene rings is 1. The second-order valence-electron chi connectivity index (χ2n) is 7.19. The smallest absolute Gasteiger partial charge is 0.341 e. The molecule has 0 spiro atoms. The monoisotopic (exact) mass is 401 g/mol. The van der Waals surface area contributed by atoms with E-state index in [0.717, 1.165) is 30.4 Å². The molecule has 0 saturated carbocycles. The zero-order valence-electron chi connectivity index (χ0n) is 16.0. The summed E-state index contributed by atoms with van der Waals surface area (Å²) in [5.41, 5.74) is 2.40. The lowest BCUT2D eigenvalue weighted by atomic mass is 9.88. The Kier molecular flexibility index (Phi) is 5.26. The third-order valence-corrected chi connectivity index (χ3v) is 6.22. The molecule has 2 aromatic rings. The molecule has 1 aromatic heterocycles. The SMILES string of the molecule is CCOC(=O)c1c(NC(=O)Cc2ccc3c(c2)OCO3)sc2c1CC[C@@H](C)C2. The van der Waals surface area contributed by atoms with E-state index in [1.54, 1.807) is 13.0 Å². The quantitative estimate of drug-likeness (QED) is 0.768. The highest BCUT2D eigenvalue weighted by Gasteiger charge is 2.29. The summed E-state index contributed by atoms with van der Waals surface area (Å²) >= 11 is 1.50. The summed E-state index contributed by atoms with van der Waals surface area (Å²) in [6, 6.07) is 5.47. The Labute approximate surface area is 167 Å². The standard InChI is InChI=1S/C21H23NO5S/c1-3-25-21(24)19-14-6-4-12(2)8-17(14)28-20(19)22-18(23)10-13-5-7-15-16(9-13)27-11-26-15/h5,7,9,12H,3-4,6,8,10-11H2,1-2H3,(H,22,23)/t12-/m1/s1. The first-order chi connectivity index (χ1) is 13.5. The lowest BCUT2D eigenvalue weighted by Crippen LogP contribution is -2.17. The van der Waals surface area contributed by atoms with Crippen LogP contribution in [0.5, 0.6) is 11.5 Å². The van der Waals surface area contributed by atoms with Crippen molar-refractivity contribution in [2.75, 3.05) is 18.7 Å². The van der Waals surface area contributed by atoms with Crippen LogP contribution >= 0.6 is 11.3 Å². The first-order valence-corrected chi connectivity index (χ1v) is 10.4. The average Bonchev–Trinajstić information content (AvgIpc) is 3.24. The number of fused-ring (bicyclic) bond motifs is 2. The molecule has 1 N–H and O–H groups in total. The van der Waals surface area contributed by atoms with Crippen molar-refractivity contribution in [3.8, 4) is 11.5 Å². The summed E-state index contributed by atoms with van der Waals surface area (Å²) in [7, 11) is 0. The van der Waals surface area contributed by atoms with E-state index in [1.807, 2.05) is 12.1 Å². The van der Waals surface area contributed by atoms with Crippen LogP contribution in [0.2, 0.25) is 0 Å². The molecule has 1 aromatic carbocycles. The van der Waals surface area contributed by atoms with Gasteiger partial charge >= 0.3 is 5.97 Å². The number of amides is 1. The maximum atomic E-state index is 12.7. The number of carbonyl (C=O) groups excluding carboxylic acids is 2. The van der Waals surface area contributed by atoms with E-state index < -0.39 is 0 Å². The van der Waals surface area contributed by atoms with Gasteiger partial charge in [0.2, 0.25) is 12.7 Å². The number of nitrogens with one attached hydrogen (secondary N) is 1. The lowest BCUT2D eigenvalue weighted by molar-refractivity contribution is -0.115. The Bertz CT molecular complexity index is 920. The summed E-state index contributed by atoms with van der Waals surface area (Å²) in [6.45, 7) is 4.51. The maximum absolute atomic E-state index is 12.7. The first-order valence-electron chi connectivity index (χ1n) is 9.55. The van der Waals surface area contributed by atoms with Gasteiger partial charge in [-0.15, -0.1) is 11.3 Å². The fourth-order valence-electron chi connectivity index (χ4n) is 3.67. The van der Waals surface area contributed by atoms with Crippen LogP contribution in [0.25, 0.3) is 0 Å². The molecular formula is C21H23NO5S. The topological polar surface area (TPSA) is 73.9 Å². The molecule has 1 aliphatic carbocycles. The van der Waals surface area contributed by atoms with Crippen molar-refractivity contribution in [2.24, 2.45) is 5.92 Å². The van der Waals surface area contributed by atoms with Gasteiger partial charge in [-0.3, -0.25) is 4.79 Å². The third-order valence-electron chi connectivity index (χ3n) is 5.05. The van der Waals surface area contributed by atoms with E-state index in [-0.39, 0.29) is 25.1 Å². The zero-order chi connectivity index (χ0) is 19.7. The van der Waals surface area contributed by atoms with Crippen LogP contribution in [0.1, 0.15) is 46.6 Å². The molecule has 1 atom stereocenters. The molecule has 28 heavy (non-hydrogen) atoms. The van der Waals surface area contributed by atoms with Gasteiger partial charge in [0.25, 0.3) is 0 Å². The number of hydrogen-bond acceptors (Lipinski definition) is 6. The Morgan fingerprint density at radius 2 is 2.11 bits per heavy atom. The predicted molar refractivity (Wildman–Crippen MR) is 106 cm³/mol. The summed E-state index contributed by atoms with van der Waals surface area (Å²) in [4.78, 5) is 26.4. The number of ether oxygens (including phenoxy) is 3. The van der Waals surface area contributed by atoms with Gasteiger partial charge in [-0.1, -0.05) is 13.0 Å². The third kappa shape index (κ3) is 3.71. The molecule has 1 amide bonds. The van der Waals surface area contributed by atoms with Gasteiger partial charge in [0.15, 0.2) is 11.5 Å². The highest BCUT2D eigenvalue weighted by molar-refractivity contribution is 7.17. The second-order valence-corrected chi connectivity index (χ2v) is 8.29. The number of anilines is 1. The molecule has 0 bridgehead atoms. The number of rotatable bonds is 5. The molecule has 0 radical (unpaired) electrons. The normalized spacial score (nSPS) is 17.1. The molecule has 0 saturated heterocycles. The average molecular weight is 401 g/mol. The molecule has 7 heteroatoms. The number of hydrogen-bond donors (Lipinski definition) is 1. The minimum Gasteiger partial charge on any atom is -0.462 e. The zero-order valence-corrected chi connectivity index (χ0v) is 16.8. The molecule has 0 fully saturated rings. The van der Waals surface area contributed by atoms with Crippen molar-refractivity contribution in [1.82, 2.24) is 0 Å². The molecule has 6 nitrogen and oxygen atoms in total. The number of esters is 1. The van der Waals surface area contributed by atoms with Crippen LogP contribution in [0, 0.1) is 5.92 Å². The number of carbonyl (C=O) groups is 2. The van der Waals surface area contributed by atoms with Gasteiger partial charge in [-0.05, 0) is 55.4 Å². The Morgan fingerprint density at radius 3 is 2.93 bits per heavy atom. The van der Waals surface area contributed by atoms with E-state index in [1.165, 1.54) is 16.2 Å². The molecule has 1 aliphatic heterocycles. The molecular weight excluding hydrogens is 378 g/mol. The fraction of sp³-hybridized carbons (Fsp3) is 0.429. The molecule has 4 rings (SSSR count). The highest BCUT2D eigenvalue weighted by atomic mass is 32.1. The molecule has 2 heterocycles. The van der Waals surface area contributed by atoms with Gasteiger partial charge < -0.3 is 19.5 Å². The van der Waals surface area contributed by atoms with Crippen molar-refractivity contribution in [3.05, 3.63) is 39.8 Å². The summed E-state index contributed by atoms with van der Waals surface area (Å²) < 4.78 is 15.9. The first kappa shape index (κ1) is 18.8. The number of benzene rings is 1.